The summed E-state index contributed by atoms with van der Waals surface area (Å²) in [6.07, 6.45) is 0.521. The summed E-state index contributed by atoms with van der Waals surface area (Å²) in [4.78, 5) is 22.5. The Morgan fingerprint density at radius 1 is 1.32 bits per heavy atom. The molecule has 1 aromatic carbocycles. The van der Waals surface area contributed by atoms with Gasteiger partial charge in [-0.25, -0.2) is 10.2 Å². The summed E-state index contributed by atoms with van der Waals surface area (Å²) in [6.45, 7) is 0.0721. The average Bonchev–Trinajstić information content (AvgIpc) is 2.40. The monoisotopic (exact) mass is 300 g/mol. The Morgan fingerprint density at radius 3 is 2.74 bits per heavy atom. The summed E-state index contributed by atoms with van der Waals surface area (Å²) in [5.41, 5.74) is 3.17. The van der Waals surface area contributed by atoms with Crippen molar-refractivity contribution in [3.63, 3.8) is 0 Å². The van der Waals surface area contributed by atoms with E-state index >= 15 is 0 Å². The first-order valence-electron chi connectivity index (χ1n) is 5.52. The van der Waals surface area contributed by atoms with E-state index in [1.165, 1.54) is 0 Å². The van der Waals surface area contributed by atoms with E-state index in [1.807, 2.05) is 0 Å². The Hall–Kier alpha value is -1.59. The Kier molecular flexibility index (Phi) is 4.39. The van der Waals surface area contributed by atoms with Crippen LogP contribution in [0.4, 0.5) is 0 Å². The van der Waals surface area contributed by atoms with E-state index in [0.29, 0.717) is 10.0 Å². The third-order valence-electron chi connectivity index (χ3n) is 2.49. The first-order chi connectivity index (χ1) is 9.06. The Morgan fingerprint density at radius 2 is 2.11 bits per heavy atom. The molecule has 100 valence electrons. The van der Waals surface area contributed by atoms with E-state index in [4.69, 9.17) is 27.9 Å². The maximum atomic E-state index is 11.7. The number of hydrazone groups is 1. The summed E-state index contributed by atoms with van der Waals surface area (Å²) in [5, 5.41) is 4.49. The van der Waals surface area contributed by atoms with E-state index in [2.05, 4.69) is 10.5 Å². The van der Waals surface area contributed by atoms with Crippen molar-refractivity contribution in [2.24, 2.45) is 5.10 Å². The highest BCUT2D eigenvalue weighted by Gasteiger charge is 2.19. The highest BCUT2D eigenvalue weighted by Crippen LogP contribution is 2.22. The molecule has 0 aliphatic carbocycles. The summed E-state index contributed by atoms with van der Waals surface area (Å²) in [7, 11) is 0. The van der Waals surface area contributed by atoms with Gasteiger partial charge in [-0.3, -0.25) is 4.79 Å². The van der Waals surface area contributed by atoms with Crippen molar-refractivity contribution in [1.82, 2.24) is 5.43 Å². The lowest BCUT2D eigenvalue weighted by Crippen LogP contribution is -2.30. The fraction of sp³-hybridized carbons (Fsp3) is 0.250. The average molecular weight is 301 g/mol. The largest absolute Gasteiger partial charge is 0.456 e. The third kappa shape index (κ3) is 3.68. The number of esters is 1. The van der Waals surface area contributed by atoms with Gasteiger partial charge in [0.05, 0.1) is 10.0 Å². The van der Waals surface area contributed by atoms with Crippen LogP contribution in [0.5, 0.6) is 0 Å². The number of nitrogens with one attached hydrogen (secondary N) is 1. The molecule has 0 spiro atoms. The van der Waals surface area contributed by atoms with Crippen molar-refractivity contribution in [2.75, 3.05) is 0 Å². The number of benzene rings is 1. The second kappa shape index (κ2) is 6.04. The SMILES string of the molecule is O=C1CCC(C(=O)OCc2ccc(Cl)c(Cl)c2)=NN1. The molecule has 7 heteroatoms. The van der Waals surface area contributed by atoms with Crippen molar-refractivity contribution in [1.29, 1.82) is 0 Å². The van der Waals surface area contributed by atoms with Crippen molar-refractivity contribution in [3.8, 4) is 0 Å². The summed E-state index contributed by atoms with van der Waals surface area (Å²) < 4.78 is 5.07. The molecule has 1 N–H and O–H groups in total. The predicted molar refractivity (Wildman–Crippen MR) is 71.1 cm³/mol. The molecule has 1 amide bonds. The van der Waals surface area contributed by atoms with Gasteiger partial charge in [0, 0.05) is 12.8 Å². The van der Waals surface area contributed by atoms with Crippen LogP contribution in [0.2, 0.25) is 10.0 Å². The van der Waals surface area contributed by atoms with Crippen LogP contribution in [0, 0.1) is 0 Å². The molecular weight excluding hydrogens is 291 g/mol. The van der Waals surface area contributed by atoms with Crippen LogP contribution in [0.1, 0.15) is 18.4 Å². The molecule has 0 radical (unpaired) electrons. The number of rotatable bonds is 3. The molecule has 0 unspecified atom stereocenters. The van der Waals surface area contributed by atoms with E-state index in [1.54, 1.807) is 18.2 Å². The lowest BCUT2D eigenvalue weighted by Gasteiger charge is -2.11. The van der Waals surface area contributed by atoms with Gasteiger partial charge in [0.15, 0.2) is 0 Å². The zero-order chi connectivity index (χ0) is 13.8. The normalized spacial score (nSPS) is 14.6. The molecule has 1 heterocycles. The molecule has 1 aromatic rings. The van der Waals surface area contributed by atoms with Crippen LogP contribution in [0.15, 0.2) is 23.3 Å². The van der Waals surface area contributed by atoms with Crippen molar-refractivity contribution in [2.45, 2.75) is 19.4 Å². The second-order valence-electron chi connectivity index (χ2n) is 3.92. The highest BCUT2D eigenvalue weighted by molar-refractivity contribution is 6.42. The van der Waals surface area contributed by atoms with Crippen LogP contribution in [0.3, 0.4) is 0 Å². The first kappa shape index (κ1) is 13.8. The van der Waals surface area contributed by atoms with Gasteiger partial charge in [0.25, 0.3) is 0 Å². The Balaban J connectivity index is 1.93. The van der Waals surface area contributed by atoms with Gasteiger partial charge in [-0.05, 0) is 17.7 Å². The molecule has 0 saturated carbocycles. The molecule has 5 nitrogen and oxygen atoms in total. The zero-order valence-electron chi connectivity index (χ0n) is 9.78. The van der Waals surface area contributed by atoms with Crippen molar-refractivity contribution < 1.29 is 14.3 Å². The van der Waals surface area contributed by atoms with E-state index in [0.717, 1.165) is 5.56 Å². The summed E-state index contributed by atoms with van der Waals surface area (Å²) in [6, 6.07) is 4.97. The minimum absolute atomic E-state index is 0.0721. The molecule has 1 aliphatic rings. The predicted octanol–water partition coefficient (Wildman–Crippen LogP) is 2.30. The maximum absolute atomic E-state index is 11.7. The number of amides is 1. The number of ether oxygens (including phenoxy) is 1. The maximum Gasteiger partial charge on any atom is 0.354 e. The third-order valence-corrected chi connectivity index (χ3v) is 3.23. The Bertz CT molecular complexity index is 558. The number of carbonyl (C=O) groups excluding carboxylic acids is 2. The smallest absolute Gasteiger partial charge is 0.354 e. The molecular formula is C12H10Cl2N2O3. The number of hydrogen-bond donors (Lipinski definition) is 1. The number of halogens is 2. The van der Waals surface area contributed by atoms with Crippen molar-refractivity contribution in [3.05, 3.63) is 33.8 Å². The lowest BCUT2D eigenvalue weighted by molar-refractivity contribution is -0.137. The molecule has 2 rings (SSSR count). The molecule has 0 aromatic heterocycles. The van der Waals surface area contributed by atoms with Gasteiger partial charge in [0.2, 0.25) is 5.91 Å². The van der Waals surface area contributed by atoms with E-state index in [-0.39, 0.29) is 31.1 Å². The highest BCUT2D eigenvalue weighted by atomic mass is 35.5. The number of hydrogen-bond acceptors (Lipinski definition) is 4. The molecule has 0 fully saturated rings. The zero-order valence-corrected chi connectivity index (χ0v) is 11.3. The fourth-order valence-corrected chi connectivity index (χ4v) is 1.80. The topological polar surface area (TPSA) is 67.8 Å². The number of nitrogens with zero attached hydrogens (tertiary/aromatic N) is 1. The van der Waals surface area contributed by atoms with Gasteiger partial charge >= 0.3 is 5.97 Å². The molecule has 19 heavy (non-hydrogen) atoms. The van der Waals surface area contributed by atoms with Gasteiger partial charge in [0.1, 0.15) is 12.3 Å². The molecule has 0 saturated heterocycles. The lowest BCUT2D eigenvalue weighted by atomic mass is 10.2. The Labute approximate surface area is 119 Å². The van der Waals surface area contributed by atoms with E-state index in [9.17, 15) is 9.59 Å². The van der Waals surface area contributed by atoms with Gasteiger partial charge in [-0.2, -0.15) is 5.10 Å². The van der Waals surface area contributed by atoms with Crippen LogP contribution < -0.4 is 5.43 Å². The fourth-order valence-electron chi connectivity index (χ4n) is 1.48. The van der Waals surface area contributed by atoms with Crippen LogP contribution in [-0.4, -0.2) is 17.6 Å². The number of carbonyl (C=O) groups is 2. The summed E-state index contributed by atoms with van der Waals surface area (Å²) in [5.74, 6) is -0.757. The van der Waals surface area contributed by atoms with Crippen LogP contribution in [-0.2, 0) is 20.9 Å². The minimum atomic E-state index is -0.550. The molecule has 1 aliphatic heterocycles. The second-order valence-corrected chi connectivity index (χ2v) is 4.73. The van der Waals surface area contributed by atoms with E-state index < -0.39 is 5.97 Å². The van der Waals surface area contributed by atoms with Gasteiger partial charge in [-0.1, -0.05) is 29.3 Å². The molecule has 0 bridgehead atoms. The van der Waals surface area contributed by atoms with Crippen molar-refractivity contribution >= 4 is 40.8 Å². The quantitative estimate of drug-likeness (QED) is 0.871. The first-order valence-corrected chi connectivity index (χ1v) is 6.28. The minimum Gasteiger partial charge on any atom is -0.456 e. The standard InChI is InChI=1S/C12H10Cl2N2O3/c13-8-2-1-7(5-9(8)14)6-19-12(18)10-3-4-11(17)16-15-10/h1-2,5H,3-4,6H2,(H,16,17). The van der Waals surface area contributed by atoms with Gasteiger partial charge in [-0.15, -0.1) is 0 Å². The van der Waals surface area contributed by atoms with Crippen LogP contribution in [0.25, 0.3) is 0 Å². The summed E-state index contributed by atoms with van der Waals surface area (Å²) >= 11 is 11.6. The van der Waals surface area contributed by atoms with Crippen LogP contribution >= 0.6 is 23.2 Å². The molecule has 0 atom stereocenters. The van der Waals surface area contributed by atoms with Gasteiger partial charge < -0.3 is 4.74 Å².